The van der Waals surface area contributed by atoms with Crippen LogP contribution in [-0.2, 0) is 0 Å². The number of nitrogens with zero attached hydrogens (tertiary/aromatic N) is 2. The molecule has 1 amide bonds. The van der Waals surface area contributed by atoms with Crippen molar-refractivity contribution < 1.29 is 4.79 Å². The molecular weight excluding hydrogens is 304 g/mol. The van der Waals surface area contributed by atoms with Gasteiger partial charge in [0.25, 0.3) is 5.91 Å². The van der Waals surface area contributed by atoms with Crippen molar-refractivity contribution in [2.75, 3.05) is 13.1 Å². The number of hydrogen-bond acceptors (Lipinski definition) is 1. The third kappa shape index (κ3) is 3.04. The smallest absolute Gasteiger partial charge is 0.270 e. The number of aromatic nitrogens is 1. The fourth-order valence-electron chi connectivity index (χ4n) is 2.65. The molecule has 3 nitrogen and oxygen atoms in total. The zero-order valence-corrected chi connectivity index (χ0v) is 13.8. The molecule has 1 aromatic heterocycles. The first-order valence-corrected chi connectivity index (χ1v) is 7.86. The Balaban J connectivity index is 2.20. The molecule has 0 radical (unpaired) electrons. The monoisotopic (exact) mass is 326 g/mol. The van der Waals surface area contributed by atoms with E-state index in [1.54, 1.807) is 0 Å². The van der Waals surface area contributed by atoms with Gasteiger partial charge >= 0.3 is 0 Å². The highest BCUT2D eigenvalue weighted by Crippen LogP contribution is 2.26. The van der Waals surface area contributed by atoms with Gasteiger partial charge in [0.2, 0.25) is 0 Å². The maximum Gasteiger partial charge on any atom is 0.270 e. The van der Waals surface area contributed by atoms with Crippen molar-refractivity contribution in [3.05, 3.63) is 22.4 Å². The predicted molar refractivity (Wildman–Crippen MR) is 81.4 cm³/mol. The van der Waals surface area contributed by atoms with Crippen molar-refractivity contribution in [2.45, 2.75) is 40.2 Å². The number of likely N-dealkylation sites (tertiary alicyclic amines) is 1. The largest absolute Gasteiger partial charge is 0.340 e. The van der Waals surface area contributed by atoms with Crippen molar-refractivity contribution in [1.82, 2.24) is 9.47 Å². The zero-order valence-electron chi connectivity index (χ0n) is 12.2. The minimum atomic E-state index is 0.165. The normalized spacial score (nSPS) is 24.0. The summed E-state index contributed by atoms with van der Waals surface area (Å²) in [5, 5.41) is 0. The average Bonchev–Trinajstić information content (AvgIpc) is 2.74. The lowest BCUT2D eigenvalue weighted by Gasteiger charge is -2.35. The van der Waals surface area contributed by atoms with Crippen LogP contribution in [0.15, 0.2) is 16.7 Å². The fraction of sp³-hybridized carbons (Fsp3) is 0.667. The molecule has 106 valence electrons. The number of carbonyl (C=O) groups is 1. The molecule has 1 saturated heterocycles. The van der Waals surface area contributed by atoms with Gasteiger partial charge in [0, 0.05) is 29.8 Å². The minimum Gasteiger partial charge on any atom is -0.340 e. The lowest BCUT2D eigenvalue weighted by atomic mass is 9.88. The maximum absolute atomic E-state index is 12.7. The molecule has 0 aliphatic carbocycles. The van der Waals surface area contributed by atoms with E-state index in [9.17, 15) is 4.79 Å². The summed E-state index contributed by atoms with van der Waals surface area (Å²) in [5.74, 6) is 1.47. The van der Waals surface area contributed by atoms with Crippen LogP contribution in [0.2, 0.25) is 0 Å². The van der Waals surface area contributed by atoms with Crippen LogP contribution in [0.5, 0.6) is 0 Å². The Morgan fingerprint density at radius 1 is 1.37 bits per heavy atom. The van der Waals surface area contributed by atoms with E-state index in [1.807, 2.05) is 17.2 Å². The van der Waals surface area contributed by atoms with Crippen LogP contribution in [0.25, 0.3) is 0 Å². The number of halogens is 1. The highest BCUT2D eigenvalue weighted by atomic mass is 79.9. The Hall–Kier alpha value is -0.770. The van der Waals surface area contributed by atoms with Crippen LogP contribution in [0, 0.1) is 11.8 Å². The second kappa shape index (κ2) is 5.70. The van der Waals surface area contributed by atoms with Gasteiger partial charge in [-0.1, -0.05) is 13.8 Å². The summed E-state index contributed by atoms with van der Waals surface area (Å²) in [6.45, 7) is 10.5. The third-order valence-electron chi connectivity index (χ3n) is 4.21. The highest BCUT2D eigenvalue weighted by molar-refractivity contribution is 9.10. The van der Waals surface area contributed by atoms with Gasteiger partial charge in [0.15, 0.2) is 0 Å². The van der Waals surface area contributed by atoms with E-state index in [0.717, 1.165) is 29.7 Å². The number of rotatable bonds is 2. The van der Waals surface area contributed by atoms with E-state index in [0.29, 0.717) is 17.9 Å². The SMILES string of the molecule is CC1CCN(C(=O)c2cc(Br)cn2C(C)C)CC1C. The quantitative estimate of drug-likeness (QED) is 0.807. The van der Waals surface area contributed by atoms with Crippen LogP contribution in [0.1, 0.15) is 50.6 Å². The fourth-order valence-corrected chi connectivity index (χ4v) is 3.09. The number of piperidine rings is 1. The van der Waals surface area contributed by atoms with Crippen molar-refractivity contribution in [1.29, 1.82) is 0 Å². The van der Waals surface area contributed by atoms with Crippen LogP contribution >= 0.6 is 15.9 Å². The van der Waals surface area contributed by atoms with E-state index in [2.05, 4.69) is 48.2 Å². The molecule has 2 rings (SSSR count). The molecule has 2 heterocycles. The molecule has 19 heavy (non-hydrogen) atoms. The van der Waals surface area contributed by atoms with Crippen molar-refractivity contribution in [3.8, 4) is 0 Å². The Labute approximate surface area is 124 Å². The van der Waals surface area contributed by atoms with Crippen LogP contribution in [0.3, 0.4) is 0 Å². The first-order chi connectivity index (χ1) is 8.90. The van der Waals surface area contributed by atoms with Gasteiger partial charge < -0.3 is 9.47 Å². The Morgan fingerprint density at radius 3 is 2.63 bits per heavy atom. The van der Waals surface area contributed by atoms with Crippen LogP contribution in [0.4, 0.5) is 0 Å². The molecule has 1 fully saturated rings. The second-order valence-corrected chi connectivity index (χ2v) is 6.95. The Bertz CT molecular complexity index is 467. The minimum absolute atomic E-state index is 0.165. The topological polar surface area (TPSA) is 25.2 Å². The van der Waals surface area contributed by atoms with Crippen molar-refractivity contribution >= 4 is 21.8 Å². The lowest BCUT2D eigenvalue weighted by Crippen LogP contribution is -2.42. The first-order valence-electron chi connectivity index (χ1n) is 7.06. The molecule has 2 unspecified atom stereocenters. The molecule has 0 saturated carbocycles. The first kappa shape index (κ1) is 14.6. The summed E-state index contributed by atoms with van der Waals surface area (Å²) in [5.41, 5.74) is 0.795. The third-order valence-corrected chi connectivity index (χ3v) is 4.65. The summed E-state index contributed by atoms with van der Waals surface area (Å²) in [4.78, 5) is 14.7. The summed E-state index contributed by atoms with van der Waals surface area (Å²) in [6.07, 6.45) is 3.10. The highest BCUT2D eigenvalue weighted by Gasteiger charge is 2.28. The molecule has 1 aliphatic heterocycles. The van der Waals surface area contributed by atoms with Gasteiger partial charge in [-0.3, -0.25) is 4.79 Å². The molecule has 1 aromatic rings. The lowest BCUT2D eigenvalue weighted by molar-refractivity contribution is 0.0615. The Kier molecular flexibility index (Phi) is 4.39. The van der Waals surface area contributed by atoms with Crippen molar-refractivity contribution in [2.24, 2.45) is 11.8 Å². The van der Waals surface area contributed by atoms with E-state index in [-0.39, 0.29) is 5.91 Å². The summed E-state index contributed by atoms with van der Waals surface area (Å²) in [6, 6.07) is 2.23. The molecule has 0 bridgehead atoms. The van der Waals surface area contributed by atoms with E-state index in [1.165, 1.54) is 0 Å². The summed E-state index contributed by atoms with van der Waals surface area (Å²) >= 11 is 3.47. The molecule has 0 aromatic carbocycles. The number of amides is 1. The molecule has 0 N–H and O–H groups in total. The van der Waals surface area contributed by atoms with Gasteiger partial charge in [-0.05, 0) is 54.1 Å². The van der Waals surface area contributed by atoms with Crippen LogP contribution in [-0.4, -0.2) is 28.5 Å². The summed E-state index contributed by atoms with van der Waals surface area (Å²) in [7, 11) is 0. The van der Waals surface area contributed by atoms with Gasteiger partial charge in [0.05, 0.1) is 0 Å². The van der Waals surface area contributed by atoms with E-state index in [4.69, 9.17) is 0 Å². The molecular formula is C15H23BrN2O. The number of carbonyl (C=O) groups excluding carboxylic acids is 1. The maximum atomic E-state index is 12.7. The molecule has 0 spiro atoms. The number of hydrogen-bond donors (Lipinski definition) is 0. The van der Waals surface area contributed by atoms with Gasteiger partial charge in [0.1, 0.15) is 5.69 Å². The van der Waals surface area contributed by atoms with Crippen molar-refractivity contribution in [3.63, 3.8) is 0 Å². The standard InChI is InChI=1S/C15H23BrN2O/c1-10(2)18-9-13(16)7-14(18)15(19)17-6-5-11(3)12(4)8-17/h7,9-12H,5-6,8H2,1-4H3. The van der Waals surface area contributed by atoms with Gasteiger partial charge in [-0.15, -0.1) is 0 Å². The summed E-state index contributed by atoms with van der Waals surface area (Å²) < 4.78 is 3.03. The molecule has 2 atom stereocenters. The van der Waals surface area contributed by atoms with E-state index < -0.39 is 0 Å². The Morgan fingerprint density at radius 2 is 2.05 bits per heavy atom. The van der Waals surface area contributed by atoms with E-state index >= 15 is 0 Å². The van der Waals surface area contributed by atoms with Crippen LogP contribution < -0.4 is 0 Å². The average molecular weight is 327 g/mol. The van der Waals surface area contributed by atoms with Gasteiger partial charge in [-0.25, -0.2) is 0 Å². The van der Waals surface area contributed by atoms with Gasteiger partial charge in [-0.2, -0.15) is 0 Å². The molecule has 1 aliphatic rings. The predicted octanol–water partition coefficient (Wildman–Crippen LogP) is 3.95. The molecule has 4 heteroatoms. The zero-order chi connectivity index (χ0) is 14.2. The second-order valence-electron chi connectivity index (χ2n) is 6.04.